The predicted molar refractivity (Wildman–Crippen MR) is 216 cm³/mol. The Labute approximate surface area is 318 Å². The third-order valence-electron chi connectivity index (χ3n) is 7.86. The molecule has 0 aromatic heterocycles. The van der Waals surface area contributed by atoms with Gasteiger partial charge in [0.15, 0.2) is 0 Å². The Morgan fingerprint density at radius 1 is 0.320 bits per heavy atom. The Kier molecular flexibility index (Phi) is 17.4. The summed E-state index contributed by atoms with van der Waals surface area (Å²) in [5, 5.41) is 5.89. The first-order valence-corrected chi connectivity index (χ1v) is 22.1. The molecule has 0 bridgehead atoms. The fourth-order valence-corrected chi connectivity index (χ4v) is 15.8. The zero-order chi connectivity index (χ0) is 33.9. The molecule has 0 amide bonds. The van der Waals surface area contributed by atoms with E-state index in [0.29, 0.717) is 0 Å². The summed E-state index contributed by atoms with van der Waals surface area (Å²) < 4.78 is 11.9. The fourth-order valence-electron chi connectivity index (χ4n) is 5.62. The van der Waals surface area contributed by atoms with Crippen molar-refractivity contribution < 1.29 is 24.1 Å². The Morgan fingerprint density at radius 3 is 0.700 bits per heavy atom. The minimum absolute atomic E-state index is 0. The molecule has 0 saturated heterocycles. The number of hydrogen-bond acceptors (Lipinski definition) is 0. The summed E-state index contributed by atoms with van der Waals surface area (Å²) in [5.41, 5.74) is 0. The summed E-state index contributed by atoms with van der Waals surface area (Å²) in [6.07, 6.45) is 2.41. The topological polar surface area (TPSA) is 19.9 Å². The first-order valence-electron chi connectivity index (χ1n) is 16.3. The van der Waals surface area contributed by atoms with Crippen LogP contribution in [0.3, 0.4) is 0 Å². The zero-order valence-electron chi connectivity index (χ0n) is 27.7. The van der Waals surface area contributed by atoms with Gasteiger partial charge in [-0.25, -0.2) is 0 Å². The van der Waals surface area contributed by atoms with E-state index in [1.165, 1.54) is 46.6 Å². The van der Waals surface area contributed by atoms with Crippen molar-refractivity contribution in [1.82, 2.24) is 0 Å². The summed E-state index contributed by atoms with van der Waals surface area (Å²) in [6.45, 7) is 4.50. The van der Waals surface area contributed by atoms with E-state index in [1.807, 2.05) is 0 Å². The van der Waals surface area contributed by atoms with Crippen LogP contribution in [0.15, 0.2) is 212 Å². The van der Waals surface area contributed by atoms with E-state index in [2.05, 4.69) is 219 Å². The molecule has 0 aliphatic heterocycles. The average Bonchev–Trinajstić information content (AvgIpc) is 3.20. The van der Waals surface area contributed by atoms with Crippen molar-refractivity contribution in [2.75, 3.05) is 12.3 Å². The van der Waals surface area contributed by atoms with Crippen LogP contribution >= 0.6 is 15.8 Å². The molecular formula is C45H39AsOP2Ru. The Balaban J connectivity index is 0.000000223. The maximum atomic E-state index is 7.50. The molecule has 0 N–H and O–H groups in total. The van der Waals surface area contributed by atoms with E-state index in [-0.39, 0.29) is 35.3 Å². The van der Waals surface area contributed by atoms with E-state index in [1.54, 1.807) is 0 Å². The second-order valence-corrected chi connectivity index (χ2v) is 20.3. The second kappa shape index (κ2) is 22.2. The van der Waals surface area contributed by atoms with Crippen molar-refractivity contribution in [1.29, 1.82) is 0 Å². The number of hydrogen-bond donors (Lipinski definition) is 0. The van der Waals surface area contributed by atoms with Gasteiger partial charge in [0.2, 0.25) is 0 Å². The molecule has 50 heavy (non-hydrogen) atoms. The first-order chi connectivity index (χ1) is 24.4. The second-order valence-electron chi connectivity index (χ2n) is 11.0. The van der Waals surface area contributed by atoms with Gasteiger partial charge in [0.25, 0.3) is 0 Å². The van der Waals surface area contributed by atoms with Gasteiger partial charge in [-0.15, -0.1) is 0 Å². The summed E-state index contributed by atoms with van der Waals surface area (Å²) in [4.78, 5) is 0. The molecule has 7 aromatic carbocycles. The molecule has 0 spiro atoms. The quantitative estimate of drug-likeness (QED) is 0.0593. The van der Waals surface area contributed by atoms with E-state index in [0.717, 1.165) is 0 Å². The third-order valence-corrected chi connectivity index (χ3v) is 18.4. The van der Waals surface area contributed by atoms with Crippen molar-refractivity contribution in [3.8, 4) is 0 Å². The van der Waals surface area contributed by atoms with Gasteiger partial charge in [-0.05, 0) is 49.4 Å². The molecular weight excluding hydrogens is 794 g/mol. The molecule has 0 aliphatic carbocycles. The monoisotopic (exact) mass is 834 g/mol. The Hall–Kier alpha value is -3.68. The van der Waals surface area contributed by atoms with Crippen molar-refractivity contribution in [2.24, 2.45) is 0 Å². The molecule has 0 aliphatic rings. The molecule has 0 atom stereocenters. The number of benzene rings is 7. The van der Waals surface area contributed by atoms with Crippen LogP contribution in [0.5, 0.6) is 0 Å². The molecule has 0 unspecified atom stereocenters. The molecule has 0 radical (unpaired) electrons. The maximum absolute atomic E-state index is 7.50. The molecule has 0 fully saturated rings. The molecule has 1 nitrogen and oxygen atoms in total. The van der Waals surface area contributed by atoms with E-state index in [9.17, 15) is 0 Å². The van der Waals surface area contributed by atoms with Crippen LogP contribution < -0.4 is 34.3 Å². The molecule has 0 heterocycles. The van der Waals surface area contributed by atoms with Crippen LogP contribution in [0.1, 0.15) is 0 Å². The van der Waals surface area contributed by atoms with E-state index in [4.69, 9.17) is 4.65 Å². The van der Waals surface area contributed by atoms with Crippen LogP contribution in [-0.4, -0.2) is 27.0 Å². The molecule has 248 valence electrons. The number of rotatable bonds is 10. The molecule has 5 heteroatoms. The van der Waals surface area contributed by atoms with Crippen LogP contribution in [0.4, 0.5) is 0 Å². The fraction of sp³-hybridized carbons (Fsp3) is 0.0444. The van der Waals surface area contributed by atoms with Crippen LogP contribution in [0, 0.1) is 6.65 Å². The minimum atomic E-state index is -1.39. The van der Waals surface area contributed by atoms with Gasteiger partial charge in [-0.2, -0.15) is 0 Å². The van der Waals surface area contributed by atoms with E-state index < -0.39 is 14.7 Å². The Morgan fingerprint density at radius 2 is 0.500 bits per heavy atom. The molecule has 7 aromatic rings. The first kappa shape index (κ1) is 39.1. The summed E-state index contributed by atoms with van der Waals surface area (Å²) in [6, 6.07) is 76.9. The van der Waals surface area contributed by atoms with Gasteiger partial charge < -0.3 is 0 Å². The normalized spacial score (nSPS) is 10.3. The Bertz CT molecular complexity index is 1660. The van der Waals surface area contributed by atoms with Crippen LogP contribution in [0.25, 0.3) is 0 Å². The van der Waals surface area contributed by atoms with Gasteiger partial charge in [0.1, 0.15) is 0 Å². The van der Waals surface area contributed by atoms with Crippen molar-refractivity contribution in [3.05, 3.63) is 219 Å². The molecule has 0 saturated carbocycles. The zero-order valence-corrected chi connectivity index (χ0v) is 33.1. The van der Waals surface area contributed by atoms with E-state index >= 15 is 0 Å². The van der Waals surface area contributed by atoms with Crippen molar-refractivity contribution in [2.45, 2.75) is 0 Å². The SMILES string of the molecule is [C-]#[O+].[Ru].c1ccc(P(CCP(c2ccccc2)c2ccccc2)c2ccccc2)cc1.c1ccc([As](c2ccccc2)c2ccccc2)cc1. The van der Waals surface area contributed by atoms with Gasteiger partial charge >= 0.3 is 130 Å². The summed E-state index contributed by atoms with van der Waals surface area (Å²) in [5.74, 6) is 0. The van der Waals surface area contributed by atoms with Gasteiger partial charge in [0.05, 0.1) is 0 Å². The van der Waals surface area contributed by atoms with Gasteiger partial charge in [-0.3, -0.25) is 0 Å². The predicted octanol–water partition coefficient (Wildman–Crippen LogP) is 7.41. The van der Waals surface area contributed by atoms with Crippen molar-refractivity contribution in [3.63, 3.8) is 0 Å². The average molecular weight is 834 g/mol. The molecule has 7 rings (SSSR count). The van der Waals surface area contributed by atoms with Crippen LogP contribution in [-0.2, 0) is 24.1 Å². The van der Waals surface area contributed by atoms with Gasteiger partial charge in [0, 0.05) is 19.5 Å². The summed E-state index contributed by atoms with van der Waals surface area (Å²) >= 11 is -1.39. The summed E-state index contributed by atoms with van der Waals surface area (Å²) in [7, 11) is -0.696. The van der Waals surface area contributed by atoms with Gasteiger partial charge in [-0.1, -0.05) is 121 Å². The van der Waals surface area contributed by atoms with Crippen molar-refractivity contribution >= 4 is 64.8 Å². The van der Waals surface area contributed by atoms with Crippen LogP contribution in [0.2, 0.25) is 0 Å². The standard InChI is InChI=1S/C26H24P2.C18H15As.CO.Ru/c1-5-13-23(14-6-1)27(24-15-7-2-8-16-24)21-22-28(25-17-9-3-10-18-25)26-19-11-4-12-20-26;1-4-10-16(11-5-1)19(17-12-6-2-7-13-17)18-14-8-3-9-15-18;1-2;/h1-20H,21-22H2;1-15H;;. The third kappa shape index (κ3) is 11.4.